The molecule has 7 nitrogen and oxygen atoms in total. The molecule has 1 aromatic carbocycles. The van der Waals surface area contributed by atoms with Crippen LogP contribution in [0.15, 0.2) is 54.2 Å². The average molecular weight is 444 g/mol. The molecular weight excluding hydrogens is 422 g/mol. The number of rotatable bonds is 6. The van der Waals surface area contributed by atoms with Crippen molar-refractivity contribution in [1.29, 1.82) is 0 Å². The van der Waals surface area contributed by atoms with E-state index in [-0.39, 0.29) is 18.1 Å². The zero-order valence-electron chi connectivity index (χ0n) is 16.9. The van der Waals surface area contributed by atoms with Gasteiger partial charge >= 0.3 is 0 Å². The van der Waals surface area contributed by atoms with E-state index in [4.69, 9.17) is 11.6 Å². The van der Waals surface area contributed by atoms with Crippen LogP contribution in [-0.4, -0.2) is 36.8 Å². The van der Waals surface area contributed by atoms with E-state index in [1.165, 1.54) is 4.90 Å². The Bertz CT molecular complexity index is 988. The third-order valence-corrected chi connectivity index (χ3v) is 4.92. The molecule has 1 atom stereocenters. The molecule has 0 radical (unpaired) electrons. The van der Waals surface area contributed by atoms with Gasteiger partial charge in [-0.3, -0.25) is 14.6 Å². The monoisotopic (exact) mass is 443 g/mol. The van der Waals surface area contributed by atoms with E-state index in [1.54, 1.807) is 48.1 Å². The van der Waals surface area contributed by atoms with E-state index in [0.29, 0.717) is 10.6 Å². The number of carbonyl (C=O) groups excluding carboxylic acids is 2. The highest BCUT2D eigenvalue weighted by Crippen LogP contribution is 2.27. The minimum absolute atomic E-state index is 0.176. The molecule has 0 aliphatic carbocycles. The summed E-state index contributed by atoms with van der Waals surface area (Å²) in [6.07, 6.45) is 3.32. The summed E-state index contributed by atoms with van der Waals surface area (Å²) in [4.78, 5) is 32.3. The standard InChI is InChI=1S/C21H22ClN5O2S/c1-21(2,3)24-19(28)18(15-6-8-16(22)9-7-15)27(12-14-5-4-10-23-11-14)20(29)17-13-30-26-25-17/h4-11,13,18H,12H2,1-3H3,(H,24,28). The number of hydrogen-bond donors (Lipinski definition) is 1. The van der Waals surface area contributed by atoms with Crippen molar-refractivity contribution in [1.82, 2.24) is 24.8 Å². The van der Waals surface area contributed by atoms with Gasteiger partial charge in [-0.15, -0.1) is 5.10 Å². The maximum absolute atomic E-state index is 13.4. The first-order valence-corrected chi connectivity index (χ1v) is 10.5. The van der Waals surface area contributed by atoms with Crippen molar-refractivity contribution in [2.75, 3.05) is 0 Å². The Labute approximate surface area is 184 Å². The number of nitrogens with one attached hydrogen (secondary N) is 1. The summed E-state index contributed by atoms with van der Waals surface area (Å²) in [7, 11) is 0. The molecule has 0 bridgehead atoms. The molecule has 0 aliphatic rings. The van der Waals surface area contributed by atoms with Crippen LogP contribution in [0.3, 0.4) is 0 Å². The van der Waals surface area contributed by atoms with Crippen LogP contribution in [-0.2, 0) is 11.3 Å². The summed E-state index contributed by atoms with van der Waals surface area (Å²) in [5.41, 5.74) is 1.14. The van der Waals surface area contributed by atoms with Gasteiger partial charge in [0.05, 0.1) is 0 Å². The molecule has 2 amide bonds. The Morgan fingerprint density at radius 1 is 1.20 bits per heavy atom. The molecule has 2 aromatic heterocycles. The third kappa shape index (κ3) is 5.61. The van der Waals surface area contributed by atoms with Crippen LogP contribution >= 0.6 is 23.1 Å². The lowest BCUT2D eigenvalue weighted by atomic mass is 10.0. The van der Waals surface area contributed by atoms with Gasteiger partial charge in [-0.25, -0.2) is 0 Å². The molecule has 1 unspecified atom stereocenters. The van der Waals surface area contributed by atoms with Crippen molar-refractivity contribution in [3.8, 4) is 0 Å². The number of amides is 2. The number of nitrogens with zero attached hydrogens (tertiary/aromatic N) is 4. The molecule has 30 heavy (non-hydrogen) atoms. The van der Waals surface area contributed by atoms with Crippen molar-refractivity contribution in [2.24, 2.45) is 0 Å². The summed E-state index contributed by atoms with van der Waals surface area (Å²) >= 11 is 7.13. The molecule has 0 saturated carbocycles. The molecule has 9 heteroatoms. The second-order valence-electron chi connectivity index (χ2n) is 7.78. The number of halogens is 1. The van der Waals surface area contributed by atoms with Crippen LogP contribution < -0.4 is 5.32 Å². The summed E-state index contributed by atoms with van der Waals surface area (Å²) in [6.45, 7) is 5.85. The van der Waals surface area contributed by atoms with Gasteiger partial charge in [0, 0.05) is 34.9 Å². The van der Waals surface area contributed by atoms with Crippen molar-refractivity contribution in [3.05, 3.63) is 76.0 Å². The molecule has 3 rings (SSSR count). The first kappa shape index (κ1) is 21.9. The van der Waals surface area contributed by atoms with Crippen LogP contribution in [0.25, 0.3) is 0 Å². The highest BCUT2D eigenvalue weighted by Gasteiger charge is 2.34. The maximum Gasteiger partial charge on any atom is 0.276 e. The van der Waals surface area contributed by atoms with Gasteiger partial charge in [0.15, 0.2) is 5.69 Å². The van der Waals surface area contributed by atoms with E-state index in [2.05, 4.69) is 19.9 Å². The van der Waals surface area contributed by atoms with Crippen LogP contribution in [0.4, 0.5) is 0 Å². The number of carbonyl (C=O) groups is 2. The molecule has 0 aliphatic heterocycles. The van der Waals surface area contributed by atoms with Crippen molar-refractivity contribution in [2.45, 2.75) is 38.9 Å². The van der Waals surface area contributed by atoms with E-state index in [1.807, 2.05) is 26.8 Å². The van der Waals surface area contributed by atoms with Crippen LogP contribution in [0.2, 0.25) is 5.02 Å². The van der Waals surface area contributed by atoms with Crippen LogP contribution in [0.5, 0.6) is 0 Å². The van der Waals surface area contributed by atoms with Gasteiger partial charge in [0.2, 0.25) is 5.91 Å². The average Bonchev–Trinajstić information content (AvgIpc) is 3.22. The van der Waals surface area contributed by atoms with Gasteiger partial charge in [-0.1, -0.05) is 34.3 Å². The largest absolute Gasteiger partial charge is 0.349 e. The number of aromatic nitrogens is 3. The number of hydrogen-bond acceptors (Lipinski definition) is 6. The van der Waals surface area contributed by atoms with Crippen molar-refractivity contribution < 1.29 is 9.59 Å². The molecule has 1 N–H and O–H groups in total. The lowest BCUT2D eigenvalue weighted by molar-refractivity contribution is -0.127. The zero-order chi connectivity index (χ0) is 21.7. The van der Waals surface area contributed by atoms with Gasteiger partial charge in [0.25, 0.3) is 5.91 Å². The first-order chi connectivity index (χ1) is 14.2. The minimum atomic E-state index is -0.893. The summed E-state index contributed by atoms with van der Waals surface area (Å²) < 4.78 is 3.79. The van der Waals surface area contributed by atoms with E-state index < -0.39 is 17.5 Å². The molecule has 2 heterocycles. The van der Waals surface area contributed by atoms with Gasteiger partial charge < -0.3 is 10.2 Å². The van der Waals surface area contributed by atoms with Crippen LogP contribution in [0, 0.1) is 0 Å². The van der Waals surface area contributed by atoms with Gasteiger partial charge in [0.1, 0.15) is 6.04 Å². The Morgan fingerprint density at radius 2 is 1.93 bits per heavy atom. The fourth-order valence-electron chi connectivity index (χ4n) is 2.93. The summed E-state index contributed by atoms with van der Waals surface area (Å²) in [6, 6.07) is 9.64. The zero-order valence-corrected chi connectivity index (χ0v) is 18.4. The number of benzene rings is 1. The maximum atomic E-state index is 13.4. The number of pyridine rings is 1. The molecule has 0 spiro atoms. The minimum Gasteiger partial charge on any atom is -0.349 e. The fourth-order valence-corrected chi connectivity index (χ4v) is 3.49. The predicted octanol–water partition coefficient (Wildman–Crippen LogP) is 3.88. The Kier molecular flexibility index (Phi) is 6.79. The van der Waals surface area contributed by atoms with Crippen LogP contribution in [0.1, 0.15) is 48.4 Å². The van der Waals surface area contributed by atoms with E-state index >= 15 is 0 Å². The van der Waals surface area contributed by atoms with E-state index in [0.717, 1.165) is 17.1 Å². The molecule has 156 valence electrons. The quantitative estimate of drug-likeness (QED) is 0.624. The van der Waals surface area contributed by atoms with E-state index in [9.17, 15) is 9.59 Å². The lowest BCUT2D eigenvalue weighted by Crippen LogP contribution is -2.49. The second-order valence-corrected chi connectivity index (χ2v) is 8.82. The Morgan fingerprint density at radius 3 is 2.50 bits per heavy atom. The van der Waals surface area contributed by atoms with Crippen molar-refractivity contribution >= 4 is 34.9 Å². The third-order valence-electron chi connectivity index (χ3n) is 4.16. The molecule has 0 saturated heterocycles. The molecule has 3 aromatic rings. The molecular formula is C21H22ClN5O2S. The highest BCUT2D eigenvalue weighted by atomic mass is 35.5. The van der Waals surface area contributed by atoms with Gasteiger partial charge in [-0.05, 0) is 61.6 Å². The second kappa shape index (κ2) is 9.32. The predicted molar refractivity (Wildman–Crippen MR) is 116 cm³/mol. The highest BCUT2D eigenvalue weighted by molar-refractivity contribution is 7.03. The van der Waals surface area contributed by atoms with Crippen molar-refractivity contribution in [3.63, 3.8) is 0 Å². The first-order valence-electron chi connectivity index (χ1n) is 9.29. The summed E-state index contributed by atoms with van der Waals surface area (Å²) in [5.74, 6) is -0.693. The topological polar surface area (TPSA) is 88.1 Å². The van der Waals surface area contributed by atoms with Gasteiger partial charge in [-0.2, -0.15) is 0 Å². The summed E-state index contributed by atoms with van der Waals surface area (Å²) in [5, 5.41) is 9.01. The SMILES string of the molecule is CC(C)(C)NC(=O)C(c1ccc(Cl)cc1)N(Cc1cccnc1)C(=O)c1csnn1. The Balaban J connectivity index is 2.07. The Hall–Kier alpha value is -2.84. The normalized spacial score (nSPS) is 12.3. The molecule has 0 fully saturated rings. The smallest absolute Gasteiger partial charge is 0.276 e. The fraction of sp³-hybridized carbons (Fsp3) is 0.286. The lowest BCUT2D eigenvalue weighted by Gasteiger charge is -2.33.